The Morgan fingerprint density at radius 1 is 1.29 bits per heavy atom. The Morgan fingerprint density at radius 3 is 2.48 bits per heavy atom. The molecule has 1 saturated heterocycles. The quantitative estimate of drug-likeness (QED) is 0.799. The zero-order valence-corrected chi connectivity index (χ0v) is 13.7. The van der Waals surface area contributed by atoms with Crippen LogP contribution >= 0.6 is 0 Å². The van der Waals surface area contributed by atoms with Crippen LogP contribution in [0.25, 0.3) is 0 Å². The molecule has 3 atom stereocenters. The molecule has 0 spiro atoms. The van der Waals surface area contributed by atoms with Crippen molar-refractivity contribution in [3.05, 3.63) is 0 Å². The molecule has 2 amide bonds. The lowest BCUT2D eigenvalue weighted by molar-refractivity contribution is -0.229. The molecular formula is C15H27N3O3. The van der Waals surface area contributed by atoms with E-state index in [2.05, 4.69) is 0 Å². The lowest BCUT2D eigenvalue weighted by atomic mass is 9.46. The summed E-state index contributed by atoms with van der Waals surface area (Å²) in [5.74, 6) is -0.219. The first kappa shape index (κ1) is 16.2. The third-order valence-electron chi connectivity index (χ3n) is 5.26. The highest BCUT2D eigenvalue weighted by molar-refractivity contribution is 5.92. The van der Waals surface area contributed by atoms with E-state index in [4.69, 9.17) is 10.5 Å². The molecule has 0 aromatic heterocycles. The molecule has 6 nitrogen and oxygen atoms in total. The molecule has 2 fully saturated rings. The average molecular weight is 297 g/mol. The number of nitrogens with zero attached hydrogens (tertiary/aromatic N) is 2. The molecule has 2 rings (SSSR count). The third kappa shape index (κ3) is 2.25. The fourth-order valence-electron chi connectivity index (χ4n) is 3.74. The van der Waals surface area contributed by atoms with Gasteiger partial charge in [-0.1, -0.05) is 13.8 Å². The van der Waals surface area contributed by atoms with Gasteiger partial charge in [0.15, 0.2) is 0 Å². The van der Waals surface area contributed by atoms with Crippen LogP contribution in [0.5, 0.6) is 0 Å². The van der Waals surface area contributed by atoms with E-state index in [1.807, 2.05) is 13.8 Å². The molecule has 1 aliphatic heterocycles. The molecule has 0 radical (unpaired) electrons. The summed E-state index contributed by atoms with van der Waals surface area (Å²) < 4.78 is 5.81. The number of fused-ring (bicyclic) bond motifs is 1. The second-order valence-corrected chi connectivity index (χ2v) is 7.08. The molecule has 0 aromatic rings. The van der Waals surface area contributed by atoms with Gasteiger partial charge in [0.25, 0.3) is 0 Å². The van der Waals surface area contributed by atoms with E-state index in [-0.39, 0.29) is 30.4 Å². The van der Waals surface area contributed by atoms with Crippen LogP contribution in [0.1, 0.15) is 26.7 Å². The van der Waals surface area contributed by atoms with Gasteiger partial charge in [0.1, 0.15) is 5.54 Å². The van der Waals surface area contributed by atoms with E-state index in [1.165, 1.54) is 9.80 Å². The molecule has 2 aliphatic rings. The van der Waals surface area contributed by atoms with Crippen molar-refractivity contribution in [1.29, 1.82) is 0 Å². The number of ether oxygens (including phenoxy) is 1. The second kappa shape index (κ2) is 5.25. The average Bonchev–Trinajstić information content (AvgIpc) is 2.45. The van der Waals surface area contributed by atoms with Gasteiger partial charge in [0.05, 0.1) is 12.6 Å². The minimum Gasteiger partial charge on any atom is -0.377 e. The van der Waals surface area contributed by atoms with E-state index in [1.54, 1.807) is 21.1 Å². The first-order valence-electron chi connectivity index (χ1n) is 7.50. The summed E-state index contributed by atoms with van der Waals surface area (Å²) >= 11 is 0. The monoisotopic (exact) mass is 297 g/mol. The summed E-state index contributed by atoms with van der Waals surface area (Å²) in [5, 5.41) is 0. The number of hydrogen-bond acceptors (Lipinski definition) is 4. The summed E-state index contributed by atoms with van der Waals surface area (Å²) in [6.45, 7) is 4.76. The maximum atomic E-state index is 12.9. The van der Waals surface area contributed by atoms with Crippen molar-refractivity contribution in [2.45, 2.75) is 38.3 Å². The number of amides is 2. The van der Waals surface area contributed by atoms with E-state index in [0.717, 1.165) is 19.4 Å². The number of hydrogen-bond donors (Lipinski definition) is 1. The van der Waals surface area contributed by atoms with Crippen LogP contribution in [0.15, 0.2) is 0 Å². The van der Waals surface area contributed by atoms with Gasteiger partial charge in [-0.15, -0.1) is 0 Å². The van der Waals surface area contributed by atoms with Crippen molar-refractivity contribution >= 4 is 11.8 Å². The van der Waals surface area contributed by atoms with Crippen molar-refractivity contribution in [2.24, 2.45) is 17.1 Å². The number of rotatable bonds is 3. The van der Waals surface area contributed by atoms with Crippen LogP contribution in [0.3, 0.4) is 0 Å². The largest absolute Gasteiger partial charge is 0.377 e. The number of likely N-dealkylation sites (N-methyl/N-ethyl adjacent to an activating group) is 2. The normalized spacial score (nSPS) is 33.6. The summed E-state index contributed by atoms with van der Waals surface area (Å²) in [7, 11) is 5.00. The van der Waals surface area contributed by atoms with E-state index >= 15 is 0 Å². The molecule has 120 valence electrons. The molecule has 3 unspecified atom stereocenters. The van der Waals surface area contributed by atoms with Crippen molar-refractivity contribution in [2.75, 3.05) is 34.3 Å². The molecule has 21 heavy (non-hydrogen) atoms. The predicted octanol–water partition coefficient (Wildman–Crippen LogP) is 0.0655. The van der Waals surface area contributed by atoms with Crippen LogP contribution in [-0.2, 0) is 14.3 Å². The van der Waals surface area contributed by atoms with Gasteiger partial charge in [0.2, 0.25) is 11.8 Å². The Balaban J connectivity index is 2.15. The molecule has 1 aliphatic carbocycles. The van der Waals surface area contributed by atoms with Gasteiger partial charge in [0, 0.05) is 39.1 Å². The van der Waals surface area contributed by atoms with Gasteiger partial charge in [-0.3, -0.25) is 9.59 Å². The highest BCUT2D eigenvalue weighted by Crippen LogP contribution is 2.57. The van der Waals surface area contributed by atoms with Gasteiger partial charge in [-0.05, 0) is 12.8 Å². The fraction of sp³-hybridized carbons (Fsp3) is 0.867. The molecule has 1 saturated carbocycles. The molecule has 0 bridgehead atoms. The Morgan fingerprint density at radius 2 is 1.90 bits per heavy atom. The first-order valence-corrected chi connectivity index (χ1v) is 7.50. The topological polar surface area (TPSA) is 75.9 Å². The smallest absolute Gasteiger partial charge is 0.243 e. The zero-order chi connectivity index (χ0) is 16.0. The van der Waals surface area contributed by atoms with Crippen LogP contribution in [0, 0.1) is 11.3 Å². The SMILES string of the molecule is CN(C)C(=O)CN(C)C(=O)C1(N)C2CCCOC2C1(C)C. The maximum Gasteiger partial charge on any atom is 0.243 e. The second-order valence-electron chi connectivity index (χ2n) is 7.08. The van der Waals surface area contributed by atoms with Gasteiger partial charge >= 0.3 is 0 Å². The van der Waals surface area contributed by atoms with E-state index in [0.29, 0.717) is 0 Å². The van der Waals surface area contributed by atoms with Gasteiger partial charge in [-0.25, -0.2) is 0 Å². The Hall–Kier alpha value is -1.14. The minimum absolute atomic E-state index is 0.0400. The Bertz CT molecular complexity index is 449. The molecule has 2 N–H and O–H groups in total. The van der Waals surface area contributed by atoms with E-state index in [9.17, 15) is 9.59 Å². The maximum absolute atomic E-state index is 12.9. The lowest BCUT2D eigenvalue weighted by Crippen LogP contribution is -2.82. The van der Waals surface area contributed by atoms with Gasteiger partial charge < -0.3 is 20.3 Å². The third-order valence-corrected chi connectivity index (χ3v) is 5.26. The molecule has 1 heterocycles. The number of carbonyl (C=O) groups excluding carboxylic acids is 2. The zero-order valence-electron chi connectivity index (χ0n) is 13.7. The Labute approximate surface area is 126 Å². The van der Waals surface area contributed by atoms with Crippen molar-refractivity contribution in [3.8, 4) is 0 Å². The lowest BCUT2D eigenvalue weighted by Gasteiger charge is -2.65. The van der Waals surface area contributed by atoms with Crippen LogP contribution in [0.4, 0.5) is 0 Å². The summed E-state index contributed by atoms with van der Waals surface area (Å²) in [6.07, 6.45) is 1.88. The highest BCUT2D eigenvalue weighted by atomic mass is 16.5. The van der Waals surface area contributed by atoms with Crippen LogP contribution in [0.2, 0.25) is 0 Å². The molecular weight excluding hydrogens is 270 g/mol. The first-order chi connectivity index (χ1) is 9.64. The summed E-state index contributed by atoms with van der Waals surface area (Å²) in [6, 6.07) is 0. The fourth-order valence-corrected chi connectivity index (χ4v) is 3.74. The standard InChI is InChI=1S/C15H27N3O3/c1-14(2)12-10(7-6-8-21-12)15(14,16)13(20)18(5)9-11(19)17(3)4/h10,12H,6-9,16H2,1-5H3. The van der Waals surface area contributed by atoms with E-state index < -0.39 is 11.0 Å². The van der Waals surface area contributed by atoms with Crippen molar-refractivity contribution < 1.29 is 14.3 Å². The molecule has 6 heteroatoms. The predicted molar refractivity (Wildman–Crippen MR) is 79.5 cm³/mol. The Kier molecular flexibility index (Phi) is 4.06. The van der Waals surface area contributed by atoms with Crippen LogP contribution < -0.4 is 5.73 Å². The van der Waals surface area contributed by atoms with Crippen molar-refractivity contribution in [3.63, 3.8) is 0 Å². The summed E-state index contributed by atoms with van der Waals surface area (Å²) in [5.41, 5.74) is 5.18. The molecule has 0 aromatic carbocycles. The van der Waals surface area contributed by atoms with Gasteiger partial charge in [-0.2, -0.15) is 0 Å². The summed E-state index contributed by atoms with van der Waals surface area (Å²) in [4.78, 5) is 27.6. The highest BCUT2D eigenvalue weighted by Gasteiger charge is 2.70. The number of nitrogens with two attached hydrogens (primary N) is 1. The minimum atomic E-state index is -0.945. The van der Waals surface area contributed by atoms with Crippen molar-refractivity contribution in [1.82, 2.24) is 9.80 Å². The number of carbonyl (C=O) groups is 2. The van der Waals surface area contributed by atoms with Crippen LogP contribution in [-0.4, -0.2) is 67.6 Å².